The molecule has 0 bridgehead atoms. The van der Waals surface area contributed by atoms with Crippen molar-refractivity contribution in [3.63, 3.8) is 0 Å². The molecule has 1 aromatic carbocycles. The maximum absolute atomic E-state index is 14.2. The maximum atomic E-state index is 14.2. The average molecular weight is 843 g/mol. The number of nitrogens with zero attached hydrogens (tertiary/aromatic N) is 1. The Bertz CT molecular complexity index is 1670. The lowest BCUT2D eigenvalue weighted by molar-refractivity contribution is -0.143. The average Bonchev–Trinajstić information content (AvgIpc) is 3.69. The first-order chi connectivity index (χ1) is 28.3. The van der Waals surface area contributed by atoms with E-state index in [1.54, 1.807) is 37.3 Å². The van der Waals surface area contributed by atoms with E-state index in [-0.39, 0.29) is 37.6 Å². The number of hydrogen-bond acceptors (Lipinski definition) is 10. The van der Waals surface area contributed by atoms with Crippen LogP contribution in [0.1, 0.15) is 93.1 Å². The molecule has 0 aromatic heterocycles. The van der Waals surface area contributed by atoms with Crippen LogP contribution in [-0.2, 0) is 44.8 Å². The van der Waals surface area contributed by atoms with Gasteiger partial charge in [-0.05, 0) is 62.8 Å². The predicted molar refractivity (Wildman–Crippen MR) is 221 cm³/mol. The Balaban J connectivity index is 2.10. The molecule has 1 aromatic rings. The molecule has 0 radical (unpaired) electrons. The first kappa shape index (κ1) is 49.3. The molecule has 18 nitrogen and oxygen atoms in total. The molecule has 2 heterocycles. The zero-order valence-corrected chi connectivity index (χ0v) is 36.1. The fourth-order valence-corrected chi connectivity index (χ4v) is 7.21. The number of rotatable bonds is 10. The summed E-state index contributed by atoms with van der Waals surface area (Å²) in [6.45, 7) is 12.9. The van der Waals surface area contributed by atoms with Gasteiger partial charge in [-0.15, -0.1) is 0 Å². The summed E-state index contributed by atoms with van der Waals surface area (Å²) in [4.78, 5) is 112. The normalized spacial score (nSPS) is 28.3. The minimum Gasteiger partial charge on any atom is -0.394 e. The van der Waals surface area contributed by atoms with Gasteiger partial charge in [0, 0.05) is 13.0 Å². The molecule has 0 aliphatic carbocycles. The molecule has 0 spiro atoms. The summed E-state index contributed by atoms with van der Waals surface area (Å²) >= 11 is 0. The molecule has 18 heteroatoms. The highest BCUT2D eigenvalue weighted by Gasteiger charge is 2.41. The first-order valence-corrected chi connectivity index (χ1v) is 21.0. The Kier molecular flexibility index (Phi) is 18.9. The molecule has 2 saturated heterocycles. The van der Waals surface area contributed by atoms with Crippen molar-refractivity contribution in [2.45, 2.75) is 148 Å². The molecule has 0 unspecified atom stereocenters. The third-order valence-electron chi connectivity index (χ3n) is 10.8. The summed E-state index contributed by atoms with van der Waals surface area (Å²) in [5, 5.41) is 39.2. The Morgan fingerprint density at radius 2 is 1.13 bits per heavy atom. The van der Waals surface area contributed by atoms with Crippen LogP contribution in [0.15, 0.2) is 30.3 Å². The van der Waals surface area contributed by atoms with Crippen molar-refractivity contribution in [1.29, 1.82) is 0 Å². The van der Waals surface area contributed by atoms with Crippen LogP contribution in [0.25, 0.3) is 0 Å². The molecule has 10 atom stereocenters. The summed E-state index contributed by atoms with van der Waals surface area (Å²) in [5.74, 6) is -6.69. The second-order valence-electron chi connectivity index (χ2n) is 16.9. The summed E-state index contributed by atoms with van der Waals surface area (Å²) in [6.07, 6.45) is -0.0355. The minimum atomic E-state index is -1.61. The molecule has 334 valence electrons. The van der Waals surface area contributed by atoms with Crippen LogP contribution in [0.4, 0.5) is 0 Å². The molecular formula is C42H66N8O10. The predicted octanol–water partition coefficient (Wildman–Crippen LogP) is -0.841. The van der Waals surface area contributed by atoms with Gasteiger partial charge in [-0.2, -0.15) is 0 Å². The van der Waals surface area contributed by atoms with E-state index in [0.717, 1.165) is 0 Å². The third kappa shape index (κ3) is 14.0. The topological polar surface area (TPSA) is 264 Å². The van der Waals surface area contributed by atoms with Crippen molar-refractivity contribution < 1.29 is 48.6 Å². The summed E-state index contributed by atoms with van der Waals surface area (Å²) in [5.41, 5.74) is 0.604. The SMILES string of the molecule is CC[C@H](C)[C@@H]1NC(=O)[C@H](C)NC(=O)[C@H]([C@H](C)O)NC(=O)[C@H](Cc2ccccc2)NC(=O)[C@H](CO)NC(=O)[C@H](CC(C)C)NC(=O)[C@@H](CC(C)C)NC(=O)[C@@H]2CCCN2C1=O. The number of carbonyl (C=O) groups is 8. The van der Waals surface area contributed by atoms with Crippen LogP contribution in [0.2, 0.25) is 0 Å². The second-order valence-corrected chi connectivity index (χ2v) is 16.9. The first-order valence-electron chi connectivity index (χ1n) is 21.0. The molecule has 8 amide bonds. The monoisotopic (exact) mass is 842 g/mol. The van der Waals surface area contributed by atoms with Gasteiger partial charge in [-0.1, -0.05) is 78.3 Å². The second kappa shape index (κ2) is 23.0. The van der Waals surface area contributed by atoms with Crippen LogP contribution in [0, 0.1) is 17.8 Å². The van der Waals surface area contributed by atoms with Crippen molar-refractivity contribution >= 4 is 47.3 Å². The number of aliphatic hydroxyl groups is 2. The van der Waals surface area contributed by atoms with Gasteiger partial charge in [0.1, 0.15) is 48.3 Å². The number of hydrogen-bond donors (Lipinski definition) is 9. The van der Waals surface area contributed by atoms with Crippen LogP contribution < -0.4 is 37.2 Å². The third-order valence-corrected chi connectivity index (χ3v) is 10.8. The Morgan fingerprint density at radius 3 is 1.67 bits per heavy atom. The van der Waals surface area contributed by atoms with Gasteiger partial charge in [-0.25, -0.2) is 0 Å². The summed E-state index contributed by atoms with van der Waals surface area (Å²) in [6, 6.07) is -1.66. The Labute approximate surface area is 352 Å². The van der Waals surface area contributed by atoms with Crippen LogP contribution in [-0.4, -0.2) is 130 Å². The lowest BCUT2D eigenvalue weighted by Crippen LogP contribution is -2.63. The van der Waals surface area contributed by atoms with Crippen LogP contribution in [0.3, 0.4) is 0 Å². The standard InChI is InChI=1S/C42H66N8O10/c1-9-24(6)33-42(60)50-17-13-16-32(50)40(58)46-29(19-23(4)5)36(54)44-28(18-22(2)3)37(55)47-31(21-51)39(57)45-30(20-27-14-11-10-12-15-27)38(56)49-34(26(8)52)41(59)43-25(7)35(53)48-33/h10-12,14-15,22-26,28-34,51-52H,9,13,16-21H2,1-8H3,(H,43,59)(H,44,54)(H,45,57)(H,46,58)(H,47,55)(H,48,53)(H,49,56)/t24-,25-,26-,28-,29+,30-,31-,32-,33-,34-/m0/s1. The molecule has 2 aliphatic heterocycles. The lowest BCUT2D eigenvalue weighted by Gasteiger charge is -2.33. The highest BCUT2D eigenvalue weighted by atomic mass is 16.3. The minimum absolute atomic E-state index is 0.0848. The highest BCUT2D eigenvalue weighted by Crippen LogP contribution is 2.22. The summed E-state index contributed by atoms with van der Waals surface area (Å²) < 4.78 is 0. The van der Waals surface area contributed by atoms with E-state index in [4.69, 9.17) is 0 Å². The van der Waals surface area contributed by atoms with E-state index < -0.39 is 114 Å². The quantitative estimate of drug-likeness (QED) is 0.141. The van der Waals surface area contributed by atoms with Crippen molar-refractivity contribution in [1.82, 2.24) is 42.1 Å². The molecule has 2 fully saturated rings. The summed E-state index contributed by atoms with van der Waals surface area (Å²) in [7, 11) is 0. The van der Waals surface area contributed by atoms with Gasteiger partial charge in [0.05, 0.1) is 12.7 Å². The fraction of sp³-hybridized carbons (Fsp3) is 0.667. The number of nitrogens with one attached hydrogen (secondary N) is 7. The van der Waals surface area contributed by atoms with Gasteiger partial charge in [-0.3, -0.25) is 38.4 Å². The zero-order chi connectivity index (χ0) is 44.8. The van der Waals surface area contributed by atoms with Crippen molar-refractivity contribution in [2.75, 3.05) is 13.2 Å². The van der Waals surface area contributed by atoms with Gasteiger partial charge in [0.2, 0.25) is 47.3 Å². The Hall–Kier alpha value is -5.10. The number of benzene rings is 1. The molecule has 2 aliphatic rings. The van der Waals surface area contributed by atoms with Crippen molar-refractivity contribution in [3.8, 4) is 0 Å². The van der Waals surface area contributed by atoms with Gasteiger partial charge >= 0.3 is 0 Å². The number of fused-ring (bicyclic) bond motifs is 1. The van der Waals surface area contributed by atoms with E-state index in [2.05, 4.69) is 37.2 Å². The number of aliphatic hydroxyl groups excluding tert-OH is 2. The van der Waals surface area contributed by atoms with Gasteiger partial charge < -0.3 is 52.3 Å². The molecule has 3 rings (SSSR count). The van der Waals surface area contributed by atoms with E-state index >= 15 is 0 Å². The largest absolute Gasteiger partial charge is 0.394 e. The van der Waals surface area contributed by atoms with Crippen LogP contribution in [0.5, 0.6) is 0 Å². The van der Waals surface area contributed by atoms with Crippen LogP contribution >= 0.6 is 0 Å². The van der Waals surface area contributed by atoms with E-state index in [1.165, 1.54) is 18.7 Å². The number of amides is 8. The van der Waals surface area contributed by atoms with Gasteiger partial charge in [0.25, 0.3) is 0 Å². The van der Waals surface area contributed by atoms with E-state index in [9.17, 15) is 48.6 Å². The lowest BCUT2D eigenvalue weighted by atomic mass is 9.96. The van der Waals surface area contributed by atoms with Crippen molar-refractivity contribution in [3.05, 3.63) is 35.9 Å². The van der Waals surface area contributed by atoms with Gasteiger partial charge in [0.15, 0.2) is 0 Å². The number of carbonyl (C=O) groups excluding carboxylic acids is 8. The molecular weight excluding hydrogens is 777 g/mol. The maximum Gasteiger partial charge on any atom is 0.246 e. The highest BCUT2D eigenvalue weighted by molar-refractivity contribution is 5.99. The molecule has 0 saturated carbocycles. The van der Waals surface area contributed by atoms with Crippen molar-refractivity contribution in [2.24, 2.45) is 17.8 Å². The molecule has 9 N–H and O–H groups in total. The fourth-order valence-electron chi connectivity index (χ4n) is 7.21. The smallest absolute Gasteiger partial charge is 0.246 e. The zero-order valence-electron chi connectivity index (χ0n) is 36.1. The molecule has 60 heavy (non-hydrogen) atoms. The van der Waals surface area contributed by atoms with E-state index in [1.807, 2.05) is 34.6 Å². The Morgan fingerprint density at radius 1 is 0.633 bits per heavy atom. The van der Waals surface area contributed by atoms with E-state index in [0.29, 0.717) is 24.8 Å².